The molecule has 0 bridgehead atoms. The van der Waals surface area contributed by atoms with Crippen LogP contribution in [0.5, 0.6) is 0 Å². The van der Waals surface area contributed by atoms with E-state index in [4.69, 9.17) is 15.7 Å². The lowest BCUT2D eigenvalue weighted by atomic mass is 10.0. The van der Waals surface area contributed by atoms with Crippen molar-refractivity contribution in [1.82, 2.24) is 0 Å². The van der Waals surface area contributed by atoms with Gasteiger partial charge >= 0.3 is 0 Å². The summed E-state index contributed by atoms with van der Waals surface area (Å²) in [4.78, 5) is 0. The van der Waals surface area contributed by atoms with Crippen molar-refractivity contribution in [3.63, 3.8) is 0 Å². The van der Waals surface area contributed by atoms with E-state index in [0.717, 1.165) is 38.3 Å². The second kappa shape index (κ2) is 5.55. The van der Waals surface area contributed by atoms with Crippen LogP contribution in [-0.4, -0.2) is 19.8 Å². The molecule has 1 saturated heterocycles. The first-order valence-electron chi connectivity index (χ1n) is 5.91. The number of nitrogens with one attached hydrogen (secondary N) is 1. The summed E-state index contributed by atoms with van der Waals surface area (Å²) in [6.07, 6.45) is 2.18. The van der Waals surface area contributed by atoms with Crippen LogP contribution in [0.1, 0.15) is 18.4 Å². The van der Waals surface area contributed by atoms with E-state index in [1.807, 2.05) is 0 Å². The first kappa shape index (κ1) is 11.7. The van der Waals surface area contributed by atoms with Gasteiger partial charge in [-0.2, -0.15) is 5.26 Å². The molecule has 1 aliphatic heterocycles. The fourth-order valence-electron chi connectivity index (χ4n) is 1.98. The van der Waals surface area contributed by atoms with Gasteiger partial charge in [0, 0.05) is 19.8 Å². The summed E-state index contributed by atoms with van der Waals surface area (Å²) in [5, 5.41) is 12.2. The molecule has 1 aliphatic rings. The number of nitrogens with zero attached hydrogens (tertiary/aromatic N) is 1. The number of hydrogen-bond donors (Lipinski definition) is 2. The van der Waals surface area contributed by atoms with Gasteiger partial charge in [0.25, 0.3) is 0 Å². The third-order valence-corrected chi connectivity index (χ3v) is 3.10. The standard InChI is InChI=1S/C13H17N3O/c14-8-11-1-2-12(15)13(7-11)16-9-10-3-5-17-6-4-10/h1-2,7,10,16H,3-6,9,15H2. The summed E-state index contributed by atoms with van der Waals surface area (Å²) in [5.41, 5.74) is 8.04. The predicted octanol–water partition coefficient (Wildman–Crippen LogP) is 1.98. The molecule has 0 saturated carbocycles. The molecule has 1 aromatic rings. The minimum atomic E-state index is 0.633. The summed E-state index contributed by atoms with van der Waals surface area (Å²) in [6.45, 7) is 2.59. The SMILES string of the molecule is N#Cc1ccc(N)c(NCC2CCOCC2)c1. The van der Waals surface area contributed by atoms with Gasteiger partial charge in [-0.15, -0.1) is 0 Å². The van der Waals surface area contributed by atoms with Crippen molar-refractivity contribution in [1.29, 1.82) is 5.26 Å². The maximum Gasteiger partial charge on any atom is 0.0992 e. The van der Waals surface area contributed by atoms with Crippen LogP contribution in [0.25, 0.3) is 0 Å². The van der Waals surface area contributed by atoms with E-state index in [9.17, 15) is 0 Å². The highest BCUT2D eigenvalue weighted by Gasteiger charge is 2.13. The molecule has 0 amide bonds. The second-order valence-electron chi connectivity index (χ2n) is 4.35. The first-order chi connectivity index (χ1) is 8.29. The van der Waals surface area contributed by atoms with E-state index < -0.39 is 0 Å². The summed E-state index contributed by atoms with van der Waals surface area (Å²) >= 11 is 0. The van der Waals surface area contributed by atoms with Crippen LogP contribution in [-0.2, 0) is 4.74 Å². The molecule has 0 atom stereocenters. The van der Waals surface area contributed by atoms with Gasteiger partial charge in [0.05, 0.1) is 23.0 Å². The van der Waals surface area contributed by atoms with Crippen LogP contribution in [0, 0.1) is 17.2 Å². The summed E-state index contributed by atoms with van der Waals surface area (Å²) in [5.74, 6) is 0.633. The Morgan fingerprint density at radius 1 is 1.41 bits per heavy atom. The van der Waals surface area contributed by atoms with Gasteiger partial charge < -0.3 is 15.8 Å². The van der Waals surface area contributed by atoms with Gasteiger partial charge in [-0.05, 0) is 37.0 Å². The summed E-state index contributed by atoms with van der Waals surface area (Å²) in [6, 6.07) is 7.42. The van der Waals surface area contributed by atoms with E-state index in [1.54, 1.807) is 18.2 Å². The first-order valence-corrected chi connectivity index (χ1v) is 5.91. The Hall–Kier alpha value is -1.73. The Morgan fingerprint density at radius 3 is 2.88 bits per heavy atom. The number of benzene rings is 1. The molecule has 4 heteroatoms. The largest absolute Gasteiger partial charge is 0.397 e. The quantitative estimate of drug-likeness (QED) is 0.780. The summed E-state index contributed by atoms with van der Waals surface area (Å²) in [7, 11) is 0. The lowest BCUT2D eigenvalue weighted by Crippen LogP contribution is -2.22. The molecule has 4 nitrogen and oxygen atoms in total. The topological polar surface area (TPSA) is 71.1 Å². The fraction of sp³-hybridized carbons (Fsp3) is 0.462. The highest BCUT2D eigenvalue weighted by atomic mass is 16.5. The Labute approximate surface area is 101 Å². The monoisotopic (exact) mass is 231 g/mol. The zero-order chi connectivity index (χ0) is 12.1. The van der Waals surface area contributed by atoms with Crippen molar-refractivity contribution in [3.8, 4) is 6.07 Å². The number of nitrogens with two attached hydrogens (primary N) is 1. The molecule has 0 unspecified atom stereocenters. The van der Waals surface area contributed by atoms with E-state index in [2.05, 4.69) is 11.4 Å². The highest BCUT2D eigenvalue weighted by Crippen LogP contribution is 2.22. The Balaban J connectivity index is 1.95. The second-order valence-corrected chi connectivity index (χ2v) is 4.35. The fourth-order valence-corrected chi connectivity index (χ4v) is 1.98. The van der Waals surface area contributed by atoms with Gasteiger partial charge in [0.1, 0.15) is 0 Å². The third kappa shape index (κ3) is 3.11. The van der Waals surface area contributed by atoms with Crippen LogP contribution in [0.2, 0.25) is 0 Å². The van der Waals surface area contributed by atoms with Crippen molar-refractivity contribution < 1.29 is 4.74 Å². The number of nitriles is 1. The van der Waals surface area contributed by atoms with E-state index >= 15 is 0 Å². The van der Waals surface area contributed by atoms with Crippen molar-refractivity contribution in [2.75, 3.05) is 30.8 Å². The third-order valence-electron chi connectivity index (χ3n) is 3.10. The molecule has 3 N–H and O–H groups in total. The smallest absolute Gasteiger partial charge is 0.0992 e. The van der Waals surface area contributed by atoms with Crippen LogP contribution in [0.15, 0.2) is 18.2 Å². The molecular formula is C13H17N3O. The minimum Gasteiger partial charge on any atom is -0.397 e. The zero-order valence-corrected chi connectivity index (χ0v) is 9.78. The van der Waals surface area contributed by atoms with Crippen molar-refractivity contribution >= 4 is 11.4 Å². The Morgan fingerprint density at radius 2 is 2.18 bits per heavy atom. The highest BCUT2D eigenvalue weighted by molar-refractivity contribution is 5.68. The van der Waals surface area contributed by atoms with Crippen molar-refractivity contribution in [2.24, 2.45) is 5.92 Å². The molecule has 1 aromatic carbocycles. The van der Waals surface area contributed by atoms with E-state index in [0.29, 0.717) is 17.2 Å². The molecule has 1 fully saturated rings. The zero-order valence-electron chi connectivity index (χ0n) is 9.78. The van der Waals surface area contributed by atoms with Gasteiger partial charge in [-0.25, -0.2) is 0 Å². The van der Waals surface area contributed by atoms with Crippen molar-refractivity contribution in [3.05, 3.63) is 23.8 Å². The average molecular weight is 231 g/mol. The minimum absolute atomic E-state index is 0.633. The van der Waals surface area contributed by atoms with Crippen LogP contribution >= 0.6 is 0 Å². The number of rotatable bonds is 3. The number of nitrogen functional groups attached to an aromatic ring is 1. The molecule has 0 spiro atoms. The van der Waals surface area contributed by atoms with Crippen LogP contribution in [0.4, 0.5) is 11.4 Å². The van der Waals surface area contributed by atoms with Crippen LogP contribution in [0.3, 0.4) is 0 Å². The molecular weight excluding hydrogens is 214 g/mol. The van der Waals surface area contributed by atoms with Gasteiger partial charge in [-0.1, -0.05) is 0 Å². The molecule has 17 heavy (non-hydrogen) atoms. The van der Waals surface area contributed by atoms with Gasteiger partial charge in [0.2, 0.25) is 0 Å². The molecule has 1 heterocycles. The normalized spacial score (nSPS) is 16.4. The maximum atomic E-state index is 8.83. The van der Waals surface area contributed by atoms with Gasteiger partial charge in [-0.3, -0.25) is 0 Å². The Kier molecular flexibility index (Phi) is 3.84. The van der Waals surface area contributed by atoms with E-state index in [1.165, 1.54) is 0 Å². The molecule has 0 aromatic heterocycles. The number of ether oxygens (including phenoxy) is 1. The molecule has 2 rings (SSSR count). The number of anilines is 2. The molecule has 90 valence electrons. The molecule has 0 aliphatic carbocycles. The lowest BCUT2D eigenvalue weighted by molar-refractivity contribution is 0.0699. The van der Waals surface area contributed by atoms with Crippen LogP contribution < -0.4 is 11.1 Å². The Bertz CT molecular complexity index is 419. The van der Waals surface area contributed by atoms with Crippen molar-refractivity contribution in [2.45, 2.75) is 12.8 Å². The average Bonchev–Trinajstić information content (AvgIpc) is 2.39. The lowest BCUT2D eigenvalue weighted by Gasteiger charge is -2.23. The predicted molar refractivity (Wildman–Crippen MR) is 67.6 cm³/mol. The molecule has 0 radical (unpaired) electrons. The maximum absolute atomic E-state index is 8.83. The van der Waals surface area contributed by atoms with Gasteiger partial charge in [0.15, 0.2) is 0 Å². The van der Waals surface area contributed by atoms with E-state index in [-0.39, 0.29) is 0 Å². The summed E-state index contributed by atoms with van der Waals surface area (Å²) < 4.78 is 5.32. The number of hydrogen-bond acceptors (Lipinski definition) is 4.